The number of rotatable bonds is 9. The van der Waals surface area contributed by atoms with Crippen LogP contribution in [-0.4, -0.2) is 43.4 Å². The molecule has 0 amide bonds. The van der Waals surface area contributed by atoms with Crippen molar-refractivity contribution >= 4 is 20.5 Å². The summed E-state index contributed by atoms with van der Waals surface area (Å²) >= 11 is 0. The van der Waals surface area contributed by atoms with Gasteiger partial charge in [0.2, 0.25) is 0 Å². The average molecular weight is 320 g/mol. The third-order valence-electron chi connectivity index (χ3n) is 2.05. The third kappa shape index (κ3) is 5.52. The van der Waals surface area contributed by atoms with E-state index in [9.17, 15) is 19.0 Å². The zero-order chi connectivity index (χ0) is 15.3. The monoisotopic (exact) mass is 320 g/mol. The van der Waals surface area contributed by atoms with Crippen molar-refractivity contribution in [2.45, 2.75) is 18.4 Å². The lowest BCUT2D eigenvalue weighted by atomic mass is 9.96. The highest BCUT2D eigenvalue weighted by atomic mass is 32.1. The van der Waals surface area contributed by atoms with Crippen LogP contribution in [0.25, 0.3) is 0 Å². The fourth-order valence-corrected chi connectivity index (χ4v) is 2.60. The highest BCUT2D eigenvalue weighted by molar-refractivity contribution is 8.26. The summed E-state index contributed by atoms with van der Waals surface area (Å²) in [6.45, 7) is 2.46. The molecule has 0 aromatic rings. The standard InChI is InChI=1S/C7H14O10P2/c1-2-7(10,5-6(8)9)3-4-16-19(15,17-11)18(12,13)14/h2,10-11H,1,3-5H2,(H,8,9)(H2,12,13,14). The molecule has 2 atom stereocenters. The first-order valence-corrected chi connectivity index (χ1v) is 8.57. The van der Waals surface area contributed by atoms with E-state index >= 15 is 0 Å². The molecule has 0 aromatic heterocycles. The van der Waals surface area contributed by atoms with Crippen LogP contribution in [0.4, 0.5) is 0 Å². The molecule has 0 heterocycles. The van der Waals surface area contributed by atoms with Crippen LogP contribution in [0.15, 0.2) is 12.7 Å². The Balaban J connectivity index is 4.66. The van der Waals surface area contributed by atoms with Crippen LogP contribution < -0.4 is 0 Å². The summed E-state index contributed by atoms with van der Waals surface area (Å²) in [6, 6.07) is 0. The largest absolute Gasteiger partial charge is 0.481 e. The second-order valence-electron chi connectivity index (χ2n) is 3.52. The third-order valence-corrected chi connectivity index (χ3v) is 5.88. The van der Waals surface area contributed by atoms with Gasteiger partial charge < -0.3 is 20.0 Å². The van der Waals surface area contributed by atoms with Gasteiger partial charge in [0, 0.05) is 6.42 Å². The predicted octanol–water partition coefficient (Wildman–Crippen LogP) is 0.560. The minimum absolute atomic E-state index is 0.476. The Bertz CT molecular complexity index is 428. The molecular formula is C7H14O10P2. The molecule has 5 N–H and O–H groups in total. The van der Waals surface area contributed by atoms with Gasteiger partial charge in [-0.15, -0.1) is 11.3 Å². The first-order valence-electron chi connectivity index (χ1n) is 4.71. The van der Waals surface area contributed by atoms with Crippen molar-refractivity contribution in [1.82, 2.24) is 0 Å². The Labute approximate surface area is 107 Å². The van der Waals surface area contributed by atoms with Gasteiger partial charge >= 0.3 is 20.5 Å². The second kappa shape index (κ2) is 6.74. The van der Waals surface area contributed by atoms with Gasteiger partial charge in [-0.1, -0.05) is 6.08 Å². The zero-order valence-electron chi connectivity index (χ0n) is 9.58. The van der Waals surface area contributed by atoms with Crippen molar-refractivity contribution in [3.63, 3.8) is 0 Å². The molecule has 0 aliphatic carbocycles. The highest BCUT2D eigenvalue weighted by Crippen LogP contribution is 2.77. The van der Waals surface area contributed by atoms with Crippen molar-refractivity contribution in [2.24, 2.45) is 0 Å². The smallest absolute Gasteiger partial charge is 0.467 e. The van der Waals surface area contributed by atoms with E-state index < -0.39 is 45.6 Å². The Morgan fingerprint density at radius 2 is 1.89 bits per heavy atom. The van der Waals surface area contributed by atoms with E-state index in [2.05, 4.69) is 15.8 Å². The molecule has 0 saturated heterocycles. The number of hydrogen-bond acceptors (Lipinski definition) is 7. The molecule has 0 aliphatic heterocycles. The maximum atomic E-state index is 11.3. The molecule has 0 rings (SSSR count). The number of carboxylic acids is 1. The van der Waals surface area contributed by atoms with Crippen LogP contribution in [0.2, 0.25) is 0 Å². The Hall–Kier alpha value is -0.570. The Kier molecular flexibility index (Phi) is 6.53. The second-order valence-corrected chi connectivity index (χ2v) is 8.94. The molecule has 0 aromatic carbocycles. The highest BCUT2D eigenvalue weighted by Gasteiger charge is 2.46. The van der Waals surface area contributed by atoms with Gasteiger partial charge in [0.1, 0.15) is 0 Å². The fourth-order valence-electron chi connectivity index (χ4n) is 1.01. The summed E-state index contributed by atoms with van der Waals surface area (Å²) in [6.07, 6.45) is -0.317. The maximum absolute atomic E-state index is 11.3. The Morgan fingerprint density at radius 3 is 2.21 bits per heavy atom. The fraction of sp³-hybridized carbons (Fsp3) is 0.571. The van der Waals surface area contributed by atoms with Gasteiger partial charge in [0.25, 0.3) is 0 Å². The van der Waals surface area contributed by atoms with Gasteiger partial charge in [-0.25, -0.2) is 14.4 Å². The van der Waals surface area contributed by atoms with E-state index in [-0.39, 0.29) is 0 Å². The lowest BCUT2D eigenvalue weighted by molar-refractivity contribution is -0.147. The van der Waals surface area contributed by atoms with Crippen molar-refractivity contribution < 1.29 is 48.4 Å². The van der Waals surface area contributed by atoms with Gasteiger partial charge in [-0.2, -0.15) is 0 Å². The van der Waals surface area contributed by atoms with Gasteiger partial charge in [0.15, 0.2) is 0 Å². The predicted molar refractivity (Wildman–Crippen MR) is 61.3 cm³/mol. The molecular weight excluding hydrogens is 306 g/mol. The zero-order valence-corrected chi connectivity index (χ0v) is 11.4. The van der Waals surface area contributed by atoms with Gasteiger partial charge in [-0.05, 0) is 0 Å². The van der Waals surface area contributed by atoms with Crippen molar-refractivity contribution in [3.8, 4) is 0 Å². The molecule has 0 saturated carbocycles. The normalized spacial score (nSPS) is 18.3. The minimum atomic E-state index is -5.37. The number of aliphatic carboxylic acids is 1. The number of carboxylic acid groups (broad SMARTS) is 1. The molecule has 10 nitrogen and oxygen atoms in total. The first kappa shape index (κ1) is 18.4. The van der Waals surface area contributed by atoms with Crippen LogP contribution in [0.1, 0.15) is 12.8 Å². The molecule has 112 valence electrons. The molecule has 2 unspecified atom stereocenters. The minimum Gasteiger partial charge on any atom is -0.481 e. The SMILES string of the molecule is C=CC(O)(CCOP(=O)(OO)P(=O)(O)O)CC(=O)O. The number of aliphatic hydroxyl groups is 1. The summed E-state index contributed by atoms with van der Waals surface area (Å²) < 4.78 is 29.5. The summed E-state index contributed by atoms with van der Waals surface area (Å²) in [5.74, 6) is -1.35. The van der Waals surface area contributed by atoms with E-state index in [1.165, 1.54) is 0 Å². The van der Waals surface area contributed by atoms with Crippen molar-refractivity contribution in [1.29, 1.82) is 0 Å². The van der Waals surface area contributed by atoms with Crippen LogP contribution in [-0.2, 0) is 23.1 Å². The molecule has 0 aliphatic rings. The van der Waals surface area contributed by atoms with E-state index in [1.54, 1.807) is 0 Å². The number of carbonyl (C=O) groups is 1. The molecule has 0 bridgehead atoms. The summed E-state index contributed by atoms with van der Waals surface area (Å²) in [4.78, 5) is 27.7. The van der Waals surface area contributed by atoms with Crippen LogP contribution in [0.5, 0.6) is 0 Å². The topological polar surface area (TPSA) is 171 Å². The lowest BCUT2D eigenvalue weighted by Crippen LogP contribution is -2.30. The van der Waals surface area contributed by atoms with Crippen molar-refractivity contribution in [2.75, 3.05) is 6.61 Å². The quantitative estimate of drug-likeness (QED) is 0.175. The first-order chi connectivity index (χ1) is 8.49. The van der Waals surface area contributed by atoms with Crippen molar-refractivity contribution in [3.05, 3.63) is 12.7 Å². The molecule has 19 heavy (non-hydrogen) atoms. The summed E-state index contributed by atoms with van der Waals surface area (Å²) in [7, 11) is -10.5. The summed E-state index contributed by atoms with van der Waals surface area (Å²) in [5, 5.41) is 26.4. The van der Waals surface area contributed by atoms with Gasteiger partial charge in [0.05, 0.1) is 18.6 Å². The maximum Gasteiger partial charge on any atom is 0.467 e. The van der Waals surface area contributed by atoms with Crippen LogP contribution in [0, 0.1) is 0 Å². The van der Waals surface area contributed by atoms with E-state index in [1.807, 2.05) is 0 Å². The molecule has 0 radical (unpaired) electrons. The lowest BCUT2D eigenvalue weighted by Gasteiger charge is -2.23. The Morgan fingerprint density at radius 1 is 1.37 bits per heavy atom. The van der Waals surface area contributed by atoms with E-state index in [0.717, 1.165) is 6.08 Å². The molecule has 12 heteroatoms. The molecule has 0 spiro atoms. The molecule has 0 fully saturated rings. The number of hydrogen-bond donors (Lipinski definition) is 5. The average Bonchev–Trinajstić information content (AvgIpc) is 2.26. The van der Waals surface area contributed by atoms with E-state index in [4.69, 9.17) is 20.2 Å². The van der Waals surface area contributed by atoms with Gasteiger partial charge in [-0.3, -0.25) is 9.32 Å². The summed E-state index contributed by atoms with van der Waals surface area (Å²) in [5.41, 5.74) is -1.92. The van der Waals surface area contributed by atoms with Crippen LogP contribution >= 0.6 is 14.6 Å². The van der Waals surface area contributed by atoms with Crippen LogP contribution in [0.3, 0.4) is 0 Å². The van der Waals surface area contributed by atoms with E-state index in [0.29, 0.717) is 0 Å².